The molecule has 23 heavy (non-hydrogen) atoms. The van der Waals surface area contributed by atoms with Crippen molar-refractivity contribution in [1.82, 2.24) is 9.80 Å². The fourth-order valence-electron chi connectivity index (χ4n) is 3.43. The lowest BCUT2D eigenvalue weighted by molar-refractivity contribution is -0.131. The number of nitrogens with zero attached hydrogens (tertiary/aromatic N) is 3. The van der Waals surface area contributed by atoms with Gasteiger partial charge in [-0.2, -0.15) is 0 Å². The van der Waals surface area contributed by atoms with Gasteiger partial charge >= 0.3 is 0 Å². The highest BCUT2D eigenvalue weighted by atomic mass is 32.2. The average Bonchev–Trinajstić information content (AvgIpc) is 2.55. The van der Waals surface area contributed by atoms with E-state index in [0.717, 1.165) is 39.3 Å². The Labute approximate surface area is 143 Å². The standard InChI is InChI=1S/C18H27N3OS/c1-3-8-19-9-11-20(12-10-19)18(22)14-21-13-15(2)23-17-7-5-4-6-16(17)21/h4-7,15H,3,8-14H2,1-2H3. The van der Waals surface area contributed by atoms with Gasteiger partial charge in [0.1, 0.15) is 0 Å². The summed E-state index contributed by atoms with van der Waals surface area (Å²) >= 11 is 1.91. The summed E-state index contributed by atoms with van der Waals surface area (Å²) in [5, 5.41) is 0.527. The summed E-state index contributed by atoms with van der Waals surface area (Å²) in [4.78, 5) is 20.8. The van der Waals surface area contributed by atoms with Crippen molar-refractivity contribution in [3.05, 3.63) is 24.3 Å². The normalized spacial score (nSPS) is 22.1. The molecule has 3 rings (SSSR count). The lowest BCUT2D eigenvalue weighted by Gasteiger charge is -2.38. The highest BCUT2D eigenvalue weighted by Crippen LogP contribution is 2.37. The van der Waals surface area contributed by atoms with E-state index in [-0.39, 0.29) is 5.91 Å². The Balaban J connectivity index is 1.60. The van der Waals surface area contributed by atoms with Gasteiger partial charge in [-0.25, -0.2) is 0 Å². The molecule has 0 bridgehead atoms. The van der Waals surface area contributed by atoms with Crippen LogP contribution in [-0.4, -0.2) is 66.8 Å². The summed E-state index contributed by atoms with van der Waals surface area (Å²) in [6.45, 7) is 10.8. The van der Waals surface area contributed by atoms with E-state index in [2.05, 4.69) is 47.9 Å². The predicted molar refractivity (Wildman–Crippen MR) is 97.3 cm³/mol. The summed E-state index contributed by atoms with van der Waals surface area (Å²) in [5.74, 6) is 0.273. The maximum atomic E-state index is 12.7. The number of amides is 1. The Hall–Kier alpha value is -1.20. The fraction of sp³-hybridized carbons (Fsp3) is 0.611. The van der Waals surface area contributed by atoms with Crippen LogP contribution < -0.4 is 4.90 Å². The summed E-state index contributed by atoms with van der Waals surface area (Å²) in [7, 11) is 0. The Morgan fingerprint density at radius 1 is 1.22 bits per heavy atom. The van der Waals surface area contributed by atoms with Crippen molar-refractivity contribution in [2.24, 2.45) is 0 Å². The predicted octanol–water partition coefficient (Wildman–Crippen LogP) is 2.54. The molecule has 0 aliphatic carbocycles. The van der Waals surface area contributed by atoms with Gasteiger partial charge in [0.25, 0.3) is 0 Å². The lowest BCUT2D eigenvalue weighted by atomic mass is 10.2. The van der Waals surface area contributed by atoms with E-state index >= 15 is 0 Å². The van der Waals surface area contributed by atoms with E-state index in [0.29, 0.717) is 11.8 Å². The molecule has 1 amide bonds. The first-order valence-electron chi connectivity index (χ1n) is 8.68. The van der Waals surface area contributed by atoms with Crippen LogP contribution in [0, 0.1) is 0 Å². The molecule has 2 aliphatic heterocycles. The lowest BCUT2D eigenvalue weighted by Crippen LogP contribution is -2.52. The Kier molecular flexibility index (Phi) is 5.49. The molecule has 1 saturated heterocycles. The second-order valence-electron chi connectivity index (χ2n) is 6.50. The largest absolute Gasteiger partial charge is 0.360 e. The maximum Gasteiger partial charge on any atom is 0.242 e. The van der Waals surface area contributed by atoms with Gasteiger partial charge < -0.3 is 9.80 Å². The molecule has 0 saturated carbocycles. The number of fused-ring (bicyclic) bond motifs is 1. The molecule has 0 radical (unpaired) electrons. The highest BCUT2D eigenvalue weighted by molar-refractivity contribution is 8.00. The molecule has 0 N–H and O–H groups in total. The molecule has 1 unspecified atom stereocenters. The molecule has 1 aromatic carbocycles. The van der Waals surface area contributed by atoms with Crippen LogP contribution in [0.4, 0.5) is 5.69 Å². The number of rotatable bonds is 4. The zero-order valence-corrected chi connectivity index (χ0v) is 15.0. The first-order chi connectivity index (χ1) is 11.2. The van der Waals surface area contributed by atoms with Gasteiger partial charge in [-0.15, -0.1) is 11.8 Å². The van der Waals surface area contributed by atoms with Gasteiger partial charge in [-0.3, -0.25) is 9.69 Å². The molecule has 126 valence electrons. The number of carbonyl (C=O) groups is 1. The number of piperazine rings is 1. The van der Waals surface area contributed by atoms with E-state index in [1.165, 1.54) is 17.0 Å². The first-order valence-corrected chi connectivity index (χ1v) is 9.56. The Morgan fingerprint density at radius 3 is 2.70 bits per heavy atom. The number of carbonyl (C=O) groups excluding carboxylic acids is 1. The third-order valence-electron chi connectivity index (χ3n) is 4.60. The molecule has 1 aromatic rings. The van der Waals surface area contributed by atoms with Crippen molar-refractivity contribution < 1.29 is 4.79 Å². The van der Waals surface area contributed by atoms with Crippen LogP contribution >= 0.6 is 11.8 Å². The molecule has 0 spiro atoms. The SMILES string of the molecule is CCCN1CCN(C(=O)CN2CC(C)Sc3ccccc32)CC1. The van der Waals surface area contributed by atoms with Crippen LogP contribution in [-0.2, 0) is 4.79 Å². The fourth-order valence-corrected chi connectivity index (χ4v) is 4.59. The zero-order valence-electron chi connectivity index (χ0n) is 14.2. The monoisotopic (exact) mass is 333 g/mol. The van der Waals surface area contributed by atoms with E-state index < -0.39 is 0 Å². The van der Waals surface area contributed by atoms with Crippen LogP contribution in [0.15, 0.2) is 29.2 Å². The number of anilines is 1. The summed E-state index contributed by atoms with van der Waals surface area (Å²) in [6.07, 6.45) is 1.19. The van der Waals surface area contributed by atoms with Crippen molar-refractivity contribution in [1.29, 1.82) is 0 Å². The van der Waals surface area contributed by atoms with Crippen LogP contribution in [0.5, 0.6) is 0 Å². The van der Waals surface area contributed by atoms with E-state index in [1.54, 1.807) is 0 Å². The van der Waals surface area contributed by atoms with E-state index in [9.17, 15) is 4.79 Å². The Bertz CT molecular complexity index is 543. The van der Waals surface area contributed by atoms with Crippen molar-refractivity contribution in [2.75, 3.05) is 50.7 Å². The molecular weight excluding hydrogens is 306 g/mol. The minimum absolute atomic E-state index is 0.273. The topological polar surface area (TPSA) is 26.8 Å². The summed E-state index contributed by atoms with van der Waals surface area (Å²) in [5.41, 5.74) is 1.22. The van der Waals surface area contributed by atoms with Crippen LogP contribution in [0.2, 0.25) is 0 Å². The van der Waals surface area contributed by atoms with Gasteiger partial charge in [-0.05, 0) is 25.1 Å². The quantitative estimate of drug-likeness (QED) is 0.846. The third-order valence-corrected chi connectivity index (χ3v) is 5.75. The maximum absolute atomic E-state index is 12.7. The number of para-hydroxylation sites is 1. The number of hydrogen-bond donors (Lipinski definition) is 0. The molecular formula is C18H27N3OS. The van der Waals surface area contributed by atoms with Crippen LogP contribution in [0.25, 0.3) is 0 Å². The molecule has 0 aromatic heterocycles. The minimum atomic E-state index is 0.273. The van der Waals surface area contributed by atoms with Crippen molar-refractivity contribution in [3.63, 3.8) is 0 Å². The highest BCUT2D eigenvalue weighted by Gasteiger charge is 2.27. The van der Waals surface area contributed by atoms with Crippen LogP contribution in [0.1, 0.15) is 20.3 Å². The zero-order chi connectivity index (χ0) is 16.2. The summed E-state index contributed by atoms with van der Waals surface area (Å²) < 4.78 is 0. The number of hydrogen-bond acceptors (Lipinski definition) is 4. The van der Waals surface area contributed by atoms with Gasteiger partial charge in [0.2, 0.25) is 5.91 Å². The van der Waals surface area contributed by atoms with Gasteiger partial charge in [0.15, 0.2) is 0 Å². The van der Waals surface area contributed by atoms with Crippen LogP contribution in [0.3, 0.4) is 0 Å². The smallest absolute Gasteiger partial charge is 0.242 e. The molecule has 5 heteroatoms. The Morgan fingerprint density at radius 2 is 1.96 bits per heavy atom. The summed E-state index contributed by atoms with van der Waals surface area (Å²) in [6, 6.07) is 8.45. The van der Waals surface area contributed by atoms with E-state index in [4.69, 9.17) is 0 Å². The second kappa shape index (κ2) is 7.58. The number of thioether (sulfide) groups is 1. The van der Waals surface area contributed by atoms with E-state index in [1.807, 2.05) is 16.7 Å². The van der Waals surface area contributed by atoms with Crippen molar-refractivity contribution in [2.45, 2.75) is 30.4 Å². The third kappa shape index (κ3) is 4.01. The molecule has 2 aliphatic rings. The molecule has 4 nitrogen and oxygen atoms in total. The molecule has 1 atom stereocenters. The van der Waals surface area contributed by atoms with Gasteiger partial charge in [0.05, 0.1) is 12.2 Å². The minimum Gasteiger partial charge on any atom is -0.360 e. The first kappa shape index (κ1) is 16.7. The van der Waals surface area contributed by atoms with Gasteiger partial charge in [-0.1, -0.05) is 26.0 Å². The molecule has 1 fully saturated rings. The average molecular weight is 334 g/mol. The van der Waals surface area contributed by atoms with Crippen molar-refractivity contribution in [3.8, 4) is 0 Å². The molecule has 2 heterocycles. The second-order valence-corrected chi connectivity index (χ2v) is 7.98. The van der Waals surface area contributed by atoms with Crippen molar-refractivity contribution >= 4 is 23.4 Å². The number of benzene rings is 1. The van der Waals surface area contributed by atoms with Gasteiger partial charge in [0, 0.05) is 42.9 Å².